The number of halogens is 3. The topological polar surface area (TPSA) is 43.1 Å². The number of hydrogen-bond acceptors (Lipinski definition) is 2. The quantitative estimate of drug-likeness (QED) is 0.657. The lowest BCUT2D eigenvalue weighted by Crippen LogP contribution is -2.27. The molecule has 2 nitrogen and oxygen atoms in total. The van der Waals surface area contributed by atoms with Crippen LogP contribution in [0.15, 0.2) is 16.6 Å². The summed E-state index contributed by atoms with van der Waals surface area (Å²) in [6, 6.07) is 0.904. The summed E-state index contributed by atoms with van der Waals surface area (Å²) < 4.78 is 26.1. The van der Waals surface area contributed by atoms with E-state index in [4.69, 9.17) is 5.73 Å². The zero-order valence-corrected chi connectivity index (χ0v) is 8.94. The highest BCUT2D eigenvalue weighted by Gasteiger charge is 2.17. The molecular weight excluding hydrogens is 256 g/mol. The van der Waals surface area contributed by atoms with Crippen molar-refractivity contribution in [3.8, 4) is 0 Å². The number of rotatable bonds is 2. The van der Waals surface area contributed by atoms with E-state index < -0.39 is 23.5 Å². The Hall–Kier alpha value is -0.810. The summed E-state index contributed by atoms with van der Waals surface area (Å²) in [5.74, 6) is -2.08. The molecule has 0 bridgehead atoms. The standard InChI is InChI=1S/C9H8BrF2NO/c1-4(13)9(14)5-2-8(12)6(10)3-7(5)11/h2-4H,13H2,1H3. The Labute approximate surface area is 88.2 Å². The van der Waals surface area contributed by atoms with E-state index in [1.807, 2.05) is 0 Å². The normalized spacial score (nSPS) is 12.6. The molecule has 0 heterocycles. The van der Waals surface area contributed by atoms with Gasteiger partial charge in [0.2, 0.25) is 0 Å². The lowest BCUT2D eigenvalue weighted by Gasteiger charge is -2.06. The van der Waals surface area contributed by atoms with Gasteiger partial charge in [-0.2, -0.15) is 0 Å². The third-order valence-corrected chi connectivity index (χ3v) is 2.30. The molecule has 0 radical (unpaired) electrons. The summed E-state index contributed by atoms with van der Waals surface area (Å²) in [5.41, 5.74) is 4.96. The van der Waals surface area contributed by atoms with Crippen molar-refractivity contribution in [2.45, 2.75) is 13.0 Å². The van der Waals surface area contributed by atoms with Crippen LogP contribution in [-0.2, 0) is 0 Å². The zero-order valence-electron chi connectivity index (χ0n) is 7.35. The average molecular weight is 264 g/mol. The fourth-order valence-corrected chi connectivity index (χ4v) is 1.27. The predicted octanol–water partition coefficient (Wildman–Crippen LogP) is 2.26. The molecule has 0 aliphatic rings. The van der Waals surface area contributed by atoms with Crippen molar-refractivity contribution in [2.75, 3.05) is 0 Å². The molecule has 1 unspecified atom stereocenters. The van der Waals surface area contributed by atoms with Gasteiger partial charge in [0.1, 0.15) is 11.6 Å². The lowest BCUT2D eigenvalue weighted by molar-refractivity contribution is 0.0963. The molecule has 1 aromatic carbocycles. The van der Waals surface area contributed by atoms with E-state index in [1.54, 1.807) is 0 Å². The summed E-state index contributed by atoms with van der Waals surface area (Å²) >= 11 is 2.81. The molecule has 0 aliphatic carbocycles. The fourth-order valence-electron chi connectivity index (χ4n) is 0.957. The molecule has 0 fully saturated rings. The molecule has 1 rings (SSSR count). The van der Waals surface area contributed by atoms with Gasteiger partial charge in [0.05, 0.1) is 16.1 Å². The van der Waals surface area contributed by atoms with Crippen LogP contribution in [0.1, 0.15) is 17.3 Å². The first-order valence-corrected chi connectivity index (χ1v) is 4.67. The molecule has 0 saturated carbocycles. The zero-order chi connectivity index (χ0) is 10.9. The van der Waals surface area contributed by atoms with Gasteiger partial charge in [0.25, 0.3) is 0 Å². The van der Waals surface area contributed by atoms with E-state index in [-0.39, 0.29) is 10.0 Å². The summed E-state index contributed by atoms with van der Waals surface area (Å²) in [5, 5.41) is 0. The Morgan fingerprint density at radius 3 is 2.50 bits per heavy atom. The molecular formula is C9H8BrF2NO. The van der Waals surface area contributed by atoms with E-state index in [0.717, 1.165) is 12.1 Å². The number of carbonyl (C=O) groups excluding carboxylic acids is 1. The van der Waals surface area contributed by atoms with Crippen molar-refractivity contribution in [3.05, 3.63) is 33.8 Å². The molecule has 1 atom stereocenters. The minimum Gasteiger partial charge on any atom is -0.321 e. The second-order valence-corrected chi connectivity index (χ2v) is 3.75. The van der Waals surface area contributed by atoms with Gasteiger partial charge in [0.15, 0.2) is 5.78 Å². The van der Waals surface area contributed by atoms with Crippen LogP contribution in [0.25, 0.3) is 0 Å². The van der Waals surface area contributed by atoms with Gasteiger partial charge < -0.3 is 5.73 Å². The van der Waals surface area contributed by atoms with Crippen LogP contribution in [-0.4, -0.2) is 11.8 Å². The van der Waals surface area contributed by atoms with E-state index >= 15 is 0 Å². The Morgan fingerprint density at radius 1 is 1.43 bits per heavy atom. The number of nitrogens with two attached hydrogens (primary N) is 1. The van der Waals surface area contributed by atoms with E-state index in [2.05, 4.69) is 15.9 Å². The summed E-state index contributed by atoms with van der Waals surface area (Å²) in [6.45, 7) is 1.42. The Balaban J connectivity index is 3.22. The van der Waals surface area contributed by atoms with E-state index in [9.17, 15) is 13.6 Å². The van der Waals surface area contributed by atoms with Crippen molar-refractivity contribution < 1.29 is 13.6 Å². The van der Waals surface area contributed by atoms with Gasteiger partial charge in [-0.05, 0) is 35.0 Å². The van der Waals surface area contributed by atoms with Crippen molar-refractivity contribution >= 4 is 21.7 Å². The molecule has 1 aromatic rings. The fraction of sp³-hybridized carbons (Fsp3) is 0.222. The summed E-state index contributed by atoms with van der Waals surface area (Å²) in [7, 11) is 0. The second-order valence-electron chi connectivity index (χ2n) is 2.90. The highest BCUT2D eigenvalue weighted by molar-refractivity contribution is 9.10. The third kappa shape index (κ3) is 2.16. The van der Waals surface area contributed by atoms with Gasteiger partial charge >= 0.3 is 0 Å². The minimum atomic E-state index is -0.843. The Bertz CT molecular complexity index is 379. The maximum absolute atomic E-state index is 13.2. The Kier molecular flexibility index (Phi) is 3.34. The van der Waals surface area contributed by atoms with E-state index in [1.165, 1.54) is 6.92 Å². The van der Waals surface area contributed by atoms with Gasteiger partial charge in [0, 0.05) is 0 Å². The van der Waals surface area contributed by atoms with Crippen LogP contribution in [0.2, 0.25) is 0 Å². The van der Waals surface area contributed by atoms with Crippen LogP contribution < -0.4 is 5.73 Å². The Morgan fingerprint density at radius 2 is 2.00 bits per heavy atom. The van der Waals surface area contributed by atoms with Crippen molar-refractivity contribution in [3.63, 3.8) is 0 Å². The van der Waals surface area contributed by atoms with Crippen molar-refractivity contribution in [1.29, 1.82) is 0 Å². The smallest absolute Gasteiger partial charge is 0.182 e. The van der Waals surface area contributed by atoms with Crippen LogP contribution in [0.4, 0.5) is 8.78 Å². The van der Waals surface area contributed by atoms with Crippen LogP contribution in [0.5, 0.6) is 0 Å². The third-order valence-electron chi connectivity index (χ3n) is 1.69. The molecule has 76 valence electrons. The number of hydrogen-bond donors (Lipinski definition) is 1. The molecule has 0 saturated heterocycles. The highest BCUT2D eigenvalue weighted by atomic mass is 79.9. The minimum absolute atomic E-state index is 0.0174. The number of carbonyl (C=O) groups is 1. The molecule has 0 amide bonds. The summed E-state index contributed by atoms with van der Waals surface area (Å²) in [6.07, 6.45) is 0. The van der Waals surface area contributed by atoms with Gasteiger partial charge in [-0.25, -0.2) is 8.78 Å². The van der Waals surface area contributed by atoms with Crippen LogP contribution >= 0.6 is 15.9 Å². The van der Waals surface area contributed by atoms with Gasteiger partial charge in [-0.3, -0.25) is 4.79 Å². The molecule has 2 N–H and O–H groups in total. The maximum atomic E-state index is 13.2. The van der Waals surface area contributed by atoms with Crippen molar-refractivity contribution in [2.24, 2.45) is 5.73 Å². The average Bonchev–Trinajstić information content (AvgIpc) is 2.10. The maximum Gasteiger partial charge on any atom is 0.182 e. The molecule has 0 aliphatic heterocycles. The summed E-state index contributed by atoms with van der Waals surface area (Å²) in [4.78, 5) is 11.3. The monoisotopic (exact) mass is 263 g/mol. The molecule has 0 spiro atoms. The van der Waals surface area contributed by atoms with E-state index in [0.29, 0.717) is 0 Å². The SMILES string of the molecule is CC(N)C(=O)c1cc(F)c(Br)cc1F. The van der Waals surface area contributed by atoms with Gasteiger partial charge in [-0.1, -0.05) is 0 Å². The molecule has 14 heavy (non-hydrogen) atoms. The first kappa shape index (κ1) is 11.3. The number of ketones is 1. The molecule has 5 heteroatoms. The van der Waals surface area contributed by atoms with Crippen LogP contribution in [0.3, 0.4) is 0 Å². The lowest BCUT2D eigenvalue weighted by atomic mass is 10.1. The first-order chi connectivity index (χ1) is 6.43. The molecule has 0 aromatic heterocycles. The van der Waals surface area contributed by atoms with Crippen molar-refractivity contribution in [1.82, 2.24) is 0 Å². The first-order valence-electron chi connectivity index (χ1n) is 3.88. The number of benzene rings is 1. The highest BCUT2D eigenvalue weighted by Crippen LogP contribution is 2.20. The number of Topliss-reactive ketones (excluding diaryl/α,β-unsaturated/α-hetero) is 1. The predicted molar refractivity (Wildman–Crippen MR) is 52.0 cm³/mol. The second kappa shape index (κ2) is 4.14. The van der Waals surface area contributed by atoms with Crippen LogP contribution in [0, 0.1) is 11.6 Å². The largest absolute Gasteiger partial charge is 0.321 e. The van der Waals surface area contributed by atoms with Gasteiger partial charge in [-0.15, -0.1) is 0 Å².